The fourth-order valence-electron chi connectivity index (χ4n) is 2.98. The molecule has 0 N–H and O–H groups in total. The van der Waals surface area contributed by atoms with Crippen molar-refractivity contribution in [3.05, 3.63) is 82.4 Å². The molecular weight excluding hydrogens is 464 g/mol. The Morgan fingerprint density at radius 1 is 1.12 bits per heavy atom. The quantitative estimate of drug-likeness (QED) is 0.262. The van der Waals surface area contributed by atoms with Crippen LogP contribution < -0.4 is 0 Å². The van der Waals surface area contributed by atoms with E-state index in [1.54, 1.807) is 18.1 Å². The van der Waals surface area contributed by atoms with Crippen LogP contribution in [0.3, 0.4) is 0 Å². The number of carbonyl (C=O) groups excluding carboxylic acids is 1. The number of halogens is 1. The van der Waals surface area contributed by atoms with Gasteiger partial charge in [-0.05, 0) is 66.7 Å². The second kappa shape index (κ2) is 10.9. The van der Waals surface area contributed by atoms with E-state index in [9.17, 15) is 4.79 Å². The summed E-state index contributed by atoms with van der Waals surface area (Å²) in [6.07, 6.45) is 2.50. The minimum Gasteiger partial charge on any atom is -0.450 e. The van der Waals surface area contributed by atoms with Gasteiger partial charge in [0, 0.05) is 36.3 Å². The maximum atomic E-state index is 13.1. The van der Waals surface area contributed by atoms with Gasteiger partial charge in [0.25, 0.3) is 5.91 Å². The molecule has 8 heteroatoms. The number of furan rings is 1. The summed E-state index contributed by atoms with van der Waals surface area (Å²) in [6, 6.07) is 20.9. The highest BCUT2D eigenvalue weighted by Crippen LogP contribution is 2.36. The summed E-state index contributed by atoms with van der Waals surface area (Å²) in [6.45, 7) is 1.12. The van der Waals surface area contributed by atoms with E-state index in [4.69, 9.17) is 20.8 Å². The van der Waals surface area contributed by atoms with E-state index >= 15 is 0 Å². The van der Waals surface area contributed by atoms with Crippen LogP contribution in [0.15, 0.2) is 91.0 Å². The van der Waals surface area contributed by atoms with Crippen molar-refractivity contribution in [3.63, 3.8) is 0 Å². The first-order valence-corrected chi connectivity index (χ1v) is 12.0. The van der Waals surface area contributed by atoms with E-state index < -0.39 is 0 Å². The molecule has 32 heavy (non-hydrogen) atoms. The predicted octanol–water partition coefficient (Wildman–Crippen LogP) is 6.72. The number of hydrogen-bond acceptors (Lipinski definition) is 6. The molecule has 0 aliphatic carbocycles. The molecule has 2 heterocycles. The Labute approximate surface area is 200 Å². The van der Waals surface area contributed by atoms with Crippen molar-refractivity contribution in [2.24, 2.45) is 4.99 Å². The predicted molar refractivity (Wildman–Crippen MR) is 132 cm³/mol. The van der Waals surface area contributed by atoms with Crippen molar-refractivity contribution >= 4 is 58.0 Å². The Hall–Kier alpha value is -2.45. The second-order valence-corrected chi connectivity index (χ2v) is 9.38. The van der Waals surface area contributed by atoms with Crippen LogP contribution in [0, 0.1) is 0 Å². The van der Waals surface area contributed by atoms with Crippen LogP contribution in [0.25, 0.3) is 6.08 Å². The molecule has 0 atom stereocenters. The van der Waals surface area contributed by atoms with Gasteiger partial charge in [-0.25, -0.2) is 4.99 Å². The number of aliphatic imine (C=N–C) groups is 1. The van der Waals surface area contributed by atoms with E-state index in [-0.39, 0.29) is 5.91 Å². The lowest BCUT2D eigenvalue weighted by molar-refractivity contribution is -0.122. The normalized spacial score (nSPS) is 16.4. The van der Waals surface area contributed by atoms with E-state index in [1.165, 1.54) is 23.5 Å². The molecule has 4 rings (SSSR count). The van der Waals surface area contributed by atoms with E-state index in [1.807, 2.05) is 66.7 Å². The minimum atomic E-state index is -0.0795. The van der Waals surface area contributed by atoms with Gasteiger partial charge in [0.05, 0.1) is 10.6 Å². The fraction of sp³-hybridized carbons (Fsp3) is 0.167. The molecule has 1 aromatic heterocycles. The third kappa shape index (κ3) is 5.86. The van der Waals surface area contributed by atoms with Gasteiger partial charge in [-0.1, -0.05) is 41.6 Å². The molecule has 0 bridgehead atoms. The zero-order valence-corrected chi connectivity index (χ0v) is 19.8. The first-order valence-electron chi connectivity index (χ1n) is 10.00. The molecule has 1 aliphatic heterocycles. The lowest BCUT2D eigenvalue weighted by atomic mass is 10.3. The summed E-state index contributed by atoms with van der Waals surface area (Å²) in [7, 11) is 1.65. The number of thioether (sulfide) groups is 1. The van der Waals surface area contributed by atoms with Gasteiger partial charge in [0.1, 0.15) is 5.76 Å². The number of carbonyl (C=O) groups is 1. The Balaban J connectivity index is 1.53. The molecule has 0 saturated carbocycles. The van der Waals surface area contributed by atoms with Crippen molar-refractivity contribution in [1.82, 2.24) is 4.90 Å². The molecule has 2 aromatic carbocycles. The molecule has 0 spiro atoms. The molecule has 5 nitrogen and oxygen atoms in total. The fourth-order valence-corrected chi connectivity index (χ4v) is 4.89. The van der Waals surface area contributed by atoms with Gasteiger partial charge >= 0.3 is 0 Å². The third-order valence-corrected chi connectivity index (χ3v) is 6.69. The van der Waals surface area contributed by atoms with Crippen molar-refractivity contribution in [3.8, 4) is 0 Å². The molecule has 1 fully saturated rings. The topological polar surface area (TPSA) is 55.0 Å². The minimum absolute atomic E-state index is 0.0795. The van der Waals surface area contributed by atoms with Crippen molar-refractivity contribution in [2.45, 2.75) is 16.4 Å². The van der Waals surface area contributed by atoms with Crippen LogP contribution in [0.1, 0.15) is 12.2 Å². The molecule has 1 aliphatic rings. The molecule has 0 radical (unpaired) electrons. The summed E-state index contributed by atoms with van der Waals surface area (Å²) >= 11 is 8.80. The average molecular weight is 485 g/mol. The van der Waals surface area contributed by atoms with Crippen LogP contribution in [0.4, 0.5) is 5.69 Å². The summed E-state index contributed by atoms with van der Waals surface area (Å²) in [5.74, 6) is 0.541. The molecule has 1 saturated heterocycles. The average Bonchev–Trinajstić information content (AvgIpc) is 3.35. The maximum Gasteiger partial charge on any atom is 0.266 e. The Bertz CT molecular complexity index is 1130. The van der Waals surface area contributed by atoms with Crippen LogP contribution in [-0.2, 0) is 9.53 Å². The van der Waals surface area contributed by atoms with E-state index in [0.29, 0.717) is 34.0 Å². The smallest absolute Gasteiger partial charge is 0.266 e. The number of para-hydroxylation sites is 1. The number of ether oxygens (including phenoxy) is 1. The van der Waals surface area contributed by atoms with Gasteiger partial charge < -0.3 is 9.15 Å². The largest absolute Gasteiger partial charge is 0.450 e. The molecule has 1 amide bonds. The van der Waals surface area contributed by atoms with Crippen LogP contribution in [-0.4, -0.2) is 36.2 Å². The number of methoxy groups -OCH3 is 1. The standard InChI is InChI=1S/C24H21ClN2O3S2/c1-29-15-5-14-27-23(28)21(32-24(27)26-18-6-3-2-4-7-18)16-19-10-13-22(30-19)31-20-11-8-17(25)9-12-20/h2-4,6-13,16H,5,14-15H2,1H3/b21-16-,26-24?. The molecular formula is C24H21ClN2O3S2. The number of hydrogen-bond donors (Lipinski definition) is 0. The zero-order valence-electron chi connectivity index (χ0n) is 17.4. The first-order chi connectivity index (χ1) is 15.6. The Kier molecular flexibility index (Phi) is 7.76. The third-order valence-electron chi connectivity index (χ3n) is 4.51. The van der Waals surface area contributed by atoms with Gasteiger partial charge in [-0.15, -0.1) is 0 Å². The number of amidine groups is 1. The lowest BCUT2D eigenvalue weighted by Gasteiger charge is -2.15. The monoisotopic (exact) mass is 484 g/mol. The van der Waals surface area contributed by atoms with Crippen LogP contribution in [0.5, 0.6) is 0 Å². The van der Waals surface area contributed by atoms with Gasteiger partial charge in [0.2, 0.25) is 0 Å². The summed E-state index contributed by atoms with van der Waals surface area (Å²) in [5.41, 5.74) is 0.806. The highest BCUT2D eigenvalue weighted by Gasteiger charge is 2.33. The summed E-state index contributed by atoms with van der Waals surface area (Å²) in [5, 5.41) is 2.09. The SMILES string of the molecule is COCCCN1C(=O)/C(=C/c2ccc(Sc3ccc(Cl)cc3)o2)SC1=Nc1ccccc1. The Morgan fingerprint density at radius 3 is 2.66 bits per heavy atom. The number of nitrogens with zero attached hydrogens (tertiary/aromatic N) is 2. The van der Waals surface area contributed by atoms with E-state index in [2.05, 4.69) is 4.99 Å². The number of amides is 1. The Morgan fingerprint density at radius 2 is 1.91 bits per heavy atom. The van der Waals surface area contributed by atoms with Crippen molar-refractivity contribution < 1.29 is 13.9 Å². The summed E-state index contributed by atoms with van der Waals surface area (Å²) < 4.78 is 11.1. The lowest BCUT2D eigenvalue weighted by Crippen LogP contribution is -2.30. The highest BCUT2D eigenvalue weighted by atomic mass is 35.5. The van der Waals surface area contributed by atoms with Crippen LogP contribution >= 0.6 is 35.1 Å². The maximum absolute atomic E-state index is 13.1. The summed E-state index contributed by atoms with van der Waals surface area (Å²) in [4.78, 5) is 21.1. The van der Waals surface area contributed by atoms with Crippen molar-refractivity contribution in [1.29, 1.82) is 0 Å². The van der Waals surface area contributed by atoms with Gasteiger partial charge in [-0.2, -0.15) is 0 Å². The second-order valence-electron chi connectivity index (χ2n) is 6.86. The van der Waals surface area contributed by atoms with Gasteiger partial charge in [0.15, 0.2) is 10.3 Å². The van der Waals surface area contributed by atoms with Crippen molar-refractivity contribution in [2.75, 3.05) is 20.3 Å². The first kappa shape index (κ1) is 22.7. The zero-order chi connectivity index (χ0) is 22.3. The van der Waals surface area contributed by atoms with Crippen LogP contribution in [0.2, 0.25) is 5.02 Å². The number of benzene rings is 2. The molecule has 164 valence electrons. The van der Waals surface area contributed by atoms with Gasteiger partial charge in [-0.3, -0.25) is 9.69 Å². The molecule has 0 unspecified atom stereocenters. The molecule has 3 aromatic rings. The highest BCUT2D eigenvalue weighted by molar-refractivity contribution is 8.18. The van der Waals surface area contributed by atoms with E-state index in [0.717, 1.165) is 22.1 Å². The number of rotatable bonds is 8.